The Kier molecular flexibility index (Phi) is 27.6. The highest BCUT2D eigenvalue weighted by atomic mass is 32.2. The molecule has 15 nitrogen and oxygen atoms in total. The van der Waals surface area contributed by atoms with Crippen LogP contribution in [0.1, 0.15) is 90.4 Å². The SMILES string of the molecule is CC(C)NCCCCCC(=O)NCCOCCOCCOCCOCCC(=O)N[C@@H](CSCC(=O)N(CCCN)[C@@H](c1cc(-c2cc(F)ccc2F)cn1Cc1ccccc1)C(C)(C)C)C(=O)O. The number of carbonyl (C=O) groups excluding carboxylic acids is 3. The number of amides is 3. The summed E-state index contributed by atoms with van der Waals surface area (Å²) in [6.45, 7) is 15.2. The van der Waals surface area contributed by atoms with E-state index in [0.717, 1.165) is 61.3 Å². The molecule has 1 aromatic heterocycles. The lowest BCUT2D eigenvalue weighted by Gasteiger charge is -2.41. The number of ether oxygens (including phenoxy) is 4. The van der Waals surface area contributed by atoms with Crippen molar-refractivity contribution in [2.45, 2.75) is 97.8 Å². The van der Waals surface area contributed by atoms with Crippen LogP contribution < -0.4 is 21.7 Å². The van der Waals surface area contributed by atoms with E-state index in [0.29, 0.717) is 89.4 Å². The maximum absolute atomic E-state index is 15.1. The van der Waals surface area contributed by atoms with E-state index in [4.69, 9.17) is 24.7 Å². The van der Waals surface area contributed by atoms with Crippen molar-refractivity contribution in [3.8, 4) is 11.1 Å². The first-order chi connectivity index (χ1) is 32.6. The smallest absolute Gasteiger partial charge is 0.327 e. The number of nitrogens with zero attached hydrogens (tertiary/aromatic N) is 2. The molecule has 2 aromatic carbocycles. The lowest BCUT2D eigenvalue weighted by atomic mass is 9.83. The van der Waals surface area contributed by atoms with Crippen LogP contribution in [0.5, 0.6) is 0 Å². The number of unbranched alkanes of at least 4 members (excludes halogenated alkanes) is 2. The maximum atomic E-state index is 15.1. The van der Waals surface area contributed by atoms with E-state index in [1.165, 1.54) is 0 Å². The van der Waals surface area contributed by atoms with Crippen molar-refractivity contribution >= 4 is 35.5 Å². The number of aliphatic carboxylic acids is 1. The molecule has 0 spiro atoms. The van der Waals surface area contributed by atoms with Gasteiger partial charge in [-0.25, -0.2) is 13.6 Å². The highest BCUT2D eigenvalue weighted by Crippen LogP contribution is 2.41. The molecule has 3 aromatic rings. The lowest BCUT2D eigenvalue weighted by molar-refractivity contribution is -0.141. The number of benzene rings is 2. The van der Waals surface area contributed by atoms with Gasteiger partial charge in [0.2, 0.25) is 17.7 Å². The molecule has 0 aliphatic rings. The van der Waals surface area contributed by atoms with E-state index >= 15 is 4.39 Å². The minimum atomic E-state index is -1.25. The third-order valence-corrected chi connectivity index (χ3v) is 11.7. The van der Waals surface area contributed by atoms with Gasteiger partial charge in [0.05, 0.1) is 64.6 Å². The second-order valence-electron chi connectivity index (χ2n) is 17.8. The molecule has 1 heterocycles. The van der Waals surface area contributed by atoms with Crippen LogP contribution >= 0.6 is 11.8 Å². The molecule has 0 unspecified atom stereocenters. The normalized spacial score (nSPS) is 12.5. The minimum Gasteiger partial charge on any atom is -0.480 e. The molecule has 3 amide bonds. The van der Waals surface area contributed by atoms with Crippen LogP contribution in [0.15, 0.2) is 60.8 Å². The third kappa shape index (κ3) is 22.8. The number of thioether (sulfide) groups is 1. The van der Waals surface area contributed by atoms with Crippen LogP contribution in [0.3, 0.4) is 0 Å². The van der Waals surface area contributed by atoms with Gasteiger partial charge >= 0.3 is 5.97 Å². The van der Waals surface area contributed by atoms with Crippen molar-refractivity contribution in [2.75, 3.05) is 90.5 Å². The molecule has 68 heavy (non-hydrogen) atoms. The van der Waals surface area contributed by atoms with Crippen LogP contribution in [-0.4, -0.2) is 141 Å². The van der Waals surface area contributed by atoms with Crippen LogP contribution in [0.4, 0.5) is 8.78 Å². The quantitative estimate of drug-likeness (QED) is 0.0416. The summed E-state index contributed by atoms with van der Waals surface area (Å²) >= 11 is 1.09. The fourth-order valence-corrected chi connectivity index (χ4v) is 8.24. The first-order valence-electron chi connectivity index (χ1n) is 23.7. The molecular formula is C50H76F2N6O9S. The van der Waals surface area contributed by atoms with Gasteiger partial charge in [-0.1, -0.05) is 71.4 Å². The molecule has 0 saturated carbocycles. The second kappa shape index (κ2) is 32.4. The number of rotatable bonds is 36. The summed E-state index contributed by atoms with van der Waals surface area (Å²) in [5.41, 5.74) is 7.65. The Hall–Kier alpha value is -4.43. The third-order valence-electron chi connectivity index (χ3n) is 10.6. The number of carboxylic acid groups (broad SMARTS) is 1. The van der Waals surface area contributed by atoms with Crippen LogP contribution in [0.25, 0.3) is 11.1 Å². The van der Waals surface area contributed by atoms with Crippen molar-refractivity contribution in [3.05, 3.63) is 83.7 Å². The fraction of sp³-hybridized carbons (Fsp3) is 0.600. The summed E-state index contributed by atoms with van der Waals surface area (Å²) in [5, 5.41) is 18.7. The molecule has 0 fully saturated rings. The predicted molar refractivity (Wildman–Crippen MR) is 262 cm³/mol. The van der Waals surface area contributed by atoms with Gasteiger partial charge in [0.15, 0.2) is 0 Å². The molecule has 0 radical (unpaired) electrons. The first kappa shape index (κ1) is 57.9. The van der Waals surface area contributed by atoms with Crippen molar-refractivity contribution in [3.63, 3.8) is 0 Å². The minimum absolute atomic E-state index is 0.0360. The number of hydrogen-bond acceptors (Lipinski definition) is 11. The second-order valence-corrected chi connectivity index (χ2v) is 18.9. The van der Waals surface area contributed by atoms with E-state index in [9.17, 15) is 28.7 Å². The zero-order valence-electron chi connectivity index (χ0n) is 40.7. The fourth-order valence-electron chi connectivity index (χ4n) is 7.32. The topological polar surface area (TPSA) is 196 Å². The molecule has 0 aliphatic heterocycles. The number of nitrogens with one attached hydrogen (secondary N) is 3. The molecule has 0 saturated heterocycles. The van der Waals surface area contributed by atoms with Crippen molar-refractivity contribution < 1.29 is 52.0 Å². The number of nitrogens with two attached hydrogens (primary N) is 1. The number of aromatic nitrogens is 1. The summed E-state index contributed by atoms with van der Waals surface area (Å²) in [7, 11) is 0. The van der Waals surface area contributed by atoms with Gasteiger partial charge in [-0.2, -0.15) is 0 Å². The Balaban J connectivity index is 1.40. The summed E-state index contributed by atoms with van der Waals surface area (Å²) in [4.78, 5) is 52.8. The van der Waals surface area contributed by atoms with Crippen molar-refractivity contribution in [2.24, 2.45) is 11.1 Å². The highest BCUT2D eigenvalue weighted by Gasteiger charge is 2.37. The molecule has 2 atom stereocenters. The van der Waals surface area contributed by atoms with Gasteiger partial charge in [0.1, 0.15) is 17.7 Å². The molecule has 0 bridgehead atoms. The van der Waals surface area contributed by atoms with Gasteiger partial charge in [-0.3, -0.25) is 14.4 Å². The van der Waals surface area contributed by atoms with Gasteiger partial charge in [0.25, 0.3) is 0 Å². The predicted octanol–water partition coefficient (Wildman–Crippen LogP) is 6.18. The Bertz CT molecular complexity index is 1930. The largest absolute Gasteiger partial charge is 0.480 e. The molecule has 0 aliphatic carbocycles. The van der Waals surface area contributed by atoms with Crippen LogP contribution in [0, 0.1) is 17.0 Å². The number of halogens is 2. The lowest BCUT2D eigenvalue weighted by Crippen LogP contribution is -2.45. The Labute approximate surface area is 405 Å². The monoisotopic (exact) mass is 975 g/mol. The Morgan fingerprint density at radius 1 is 0.809 bits per heavy atom. The standard InChI is InChI=1S/C50H76F2N6O9S/c1-37(2)54-20-11-7-10-15-45(59)55-21-24-65-26-28-67-30-29-66-27-25-64-23-18-46(60)56-43(49(62)63)35-68-36-47(61)58(22-12-19-53)48(50(3,4)5)44-31-39(41-32-40(51)16-17-42(41)52)34-57(44)33-38-13-8-6-9-14-38/h6,8-9,13-14,16-17,31-32,34,37,43,48,54H,7,10-12,15,18-30,33,35-36,53H2,1-5H3,(H,55,59)(H,56,60)(H,62,63)/t43-,48-/m0/s1. The van der Waals surface area contributed by atoms with Gasteiger partial charge < -0.3 is 55.2 Å². The molecule has 380 valence electrons. The van der Waals surface area contributed by atoms with E-state index < -0.39 is 41.0 Å². The average molecular weight is 975 g/mol. The van der Waals surface area contributed by atoms with E-state index in [-0.39, 0.29) is 55.1 Å². The van der Waals surface area contributed by atoms with Gasteiger partial charge in [-0.05, 0) is 67.6 Å². The number of hydrogen-bond donors (Lipinski definition) is 5. The Morgan fingerprint density at radius 2 is 1.47 bits per heavy atom. The summed E-state index contributed by atoms with van der Waals surface area (Å²) in [6, 6.07) is 13.5. The number of carbonyl (C=O) groups is 4. The van der Waals surface area contributed by atoms with E-state index in [1.54, 1.807) is 17.2 Å². The van der Waals surface area contributed by atoms with Crippen molar-refractivity contribution in [1.29, 1.82) is 0 Å². The molecule has 3 rings (SSSR count). The summed E-state index contributed by atoms with van der Waals surface area (Å²) in [5.74, 6) is -3.27. The van der Waals surface area contributed by atoms with Gasteiger partial charge in [-0.15, -0.1) is 11.8 Å². The van der Waals surface area contributed by atoms with Crippen LogP contribution in [-0.2, 0) is 44.7 Å². The van der Waals surface area contributed by atoms with Gasteiger partial charge in [0, 0.05) is 67.3 Å². The maximum Gasteiger partial charge on any atom is 0.327 e. The summed E-state index contributed by atoms with van der Waals surface area (Å²) < 4.78 is 53.5. The average Bonchev–Trinajstić information content (AvgIpc) is 3.69. The first-order valence-corrected chi connectivity index (χ1v) is 24.9. The molecule has 6 N–H and O–H groups in total. The Morgan fingerprint density at radius 3 is 2.10 bits per heavy atom. The van der Waals surface area contributed by atoms with E-state index in [2.05, 4.69) is 29.8 Å². The number of carboxylic acids is 1. The zero-order chi connectivity index (χ0) is 49.7. The van der Waals surface area contributed by atoms with E-state index in [1.807, 2.05) is 55.7 Å². The summed E-state index contributed by atoms with van der Waals surface area (Å²) in [6.07, 6.45) is 5.67. The molecular weight excluding hydrogens is 899 g/mol. The molecule has 18 heteroatoms. The van der Waals surface area contributed by atoms with Crippen molar-refractivity contribution in [1.82, 2.24) is 25.4 Å². The highest BCUT2D eigenvalue weighted by molar-refractivity contribution is 8.00. The van der Waals surface area contributed by atoms with Crippen LogP contribution in [0.2, 0.25) is 0 Å². The zero-order valence-corrected chi connectivity index (χ0v) is 41.5.